The first-order chi connectivity index (χ1) is 32.7. The number of hydrogen-bond donors (Lipinski definition) is 0. The van der Waals surface area contributed by atoms with Crippen LogP contribution in [0.3, 0.4) is 0 Å². The Labute approximate surface area is 383 Å². The van der Waals surface area contributed by atoms with E-state index < -0.39 is 18.1 Å². The molecule has 0 N–H and O–H groups in total. The van der Waals surface area contributed by atoms with Crippen LogP contribution in [-0.2, 0) is 0 Å². The fraction of sp³-hybridized carbons (Fsp3) is 0. The van der Waals surface area contributed by atoms with Gasteiger partial charge < -0.3 is 18.5 Å². The van der Waals surface area contributed by atoms with Gasteiger partial charge in [-0.2, -0.15) is 0 Å². The van der Waals surface area contributed by atoms with Gasteiger partial charge in [-0.25, -0.2) is 0 Å². The van der Waals surface area contributed by atoms with E-state index in [0.717, 1.165) is 72.4 Å². The lowest BCUT2D eigenvalue weighted by Crippen LogP contribution is -2.78. The van der Waals surface area contributed by atoms with Gasteiger partial charge in [0.2, 0.25) is 0 Å². The number of nitrogens with zero attached hydrogens (tertiary/aromatic N) is 1. The predicted octanol–water partition coefficient (Wildman–Crippen LogP) is 14.1. The van der Waals surface area contributed by atoms with Gasteiger partial charge in [0.1, 0.15) is 33.8 Å². The highest BCUT2D eigenvalue weighted by atomic mass is 32.3. The van der Waals surface area contributed by atoms with Crippen molar-refractivity contribution < 1.29 is 13.6 Å². The normalized spacial score (nSPS) is 14.6. The fourth-order valence-corrected chi connectivity index (χ4v) is 22.0. The molecule has 10 aromatic carbocycles. The van der Waals surface area contributed by atoms with Gasteiger partial charge in [0, 0.05) is 70.3 Å². The molecule has 0 saturated carbocycles. The Kier molecular flexibility index (Phi) is 8.06. The molecule has 4 heterocycles. The lowest BCUT2D eigenvalue weighted by Gasteiger charge is -2.53. The molecule has 0 saturated heterocycles. The molecule has 2 aliphatic heterocycles. The average Bonchev–Trinajstić information content (AvgIpc) is 3.95. The van der Waals surface area contributed by atoms with E-state index in [9.17, 15) is 0 Å². The highest BCUT2D eigenvalue weighted by molar-refractivity contribution is 8.34. The summed E-state index contributed by atoms with van der Waals surface area (Å²) in [4.78, 5) is 7.66. The van der Waals surface area contributed by atoms with E-state index in [1.807, 2.05) is 24.3 Å². The van der Waals surface area contributed by atoms with Crippen LogP contribution in [0.2, 0.25) is 0 Å². The number of ether oxygens (including phenoxy) is 1. The molecule has 0 unspecified atom stereocenters. The number of rotatable bonds is 5. The summed E-state index contributed by atoms with van der Waals surface area (Å²) in [5.74, 6) is 1.85. The van der Waals surface area contributed by atoms with Gasteiger partial charge >= 0.3 is 0 Å². The van der Waals surface area contributed by atoms with Crippen LogP contribution in [0.25, 0.3) is 43.9 Å². The lowest BCUT2D eigenvalue weighted by molar-refractivity contribution is 0.487. The van der Waals surface area contributed by atoms with E-state index in [4.69, 9.17) is 13.6 Å². The molecule has 0 bridgehead atoms. The summed E-state index contributed by atoms with van der Waals surface area (Å²) < 4.78 is 20.1. The molecule has 12 aromatic rings. The van der Waals surface area contributed by atoms with Gasteiger partial charge in [-0.05, 0) is 112 Å². The first-order valence-corrected chi connectivity index (χ1v) is 26.0. The Bertz CT molecular complexity index is 3700. The maximum atomic E-state index is 6.86. The van der Waals surface area contributed by atoms with Gasteiger partial charge in [0.15, 0.2) is 8.07 Å². The smallest absolute Gasteiger partial charge is 0.190 e. The molecule has 0 fully saturated rings. The topological polar surface area (TPSA) is 38.8 Å². The van der Waals surface area contributed by atoms with Crippen LogP contribution in [-0.4, -0.2) is 8.07 Å². The van der Waals surface area contributed by atoms with Gasteiger partial charge in [0.05, 0.1) is 0 Å². The molecule has 4 nitrogen and oxygen atoms in total. The molecule has 0 aliphatic carbocycles. The lowest BCUT2D eigenvalue weighted by atomic mass is 10.1. The van der Waals surface area contributed by atoms with Crippen LogP contribution in [0.4, 0.5) is 17.1 Å². The highest BCUT2D eigenvalue weighted by Crippen LogP contribution is 2.74. The second kappa shape index (κ2) is 14.2. The summed E-state index contributed by atoms with van der Waals surface area (Å²) in [7, 11) is -5.23. The summed E-state index contributed by atoms with van der Waals surface area (Å²) in [6, 6.07) is 86.6. The molecule has 0 atom stereocenters. The molecule has 1 spiro atoms. The SMILES string of the molecule is c1ccc(S2(c3ccccc3)c3ccccc3[Si]3(c4ccccc4Oc4ccccc43)c3ccc(N(c4ccc5c(c4)oc4ccccc45)c4ccc5c(c4)oc4ccccc45)cc32)cc1. The van der Waals surface area contributed by atoms with E-state index >= 15 is 0 Å². The van der Waals surface area contributed by atoms with Crippen molar-refractivity contribution in [1.82, 2.24) is 0 Å². The van der Waals surface area contributed by atoms with Crippen molar-refractivity contribution in [2.24, 2.45) is 0 Å². The van der Waals surface area contributed by atoms with E-state index in [-0.39, 0.29) is 0 Å². The predicted molar refractivity (Wildman–Crippen MR) is 273 cm³/mol. The number of anilines is 3. The number of para-hydroxylation sites is 4. The Morgan fingerprint density at radius 3 is 1.32 bits per heavy atom. The van der Waals surface area contributed by atoms with Crippen molar-refractivity contribution in [3.8, 4) is 11.5 Å². The first-order valence-electron chi connectivity index (χ1n) is 22.4. The summed E-state index contributed by atoms with van der Waals surface area (Å²) in [5.41, 5.74) is 6.44. The highest BCUT2D eigenvalue weighted by Gasteiger charge is 2.56. The molecule has 6 heteroatoms. The Morgan fingerprint density at radius 2 is 0.742 bits per heavy atom. The molecule has 2 aromatic heterocycles. The van der Waals surface area contributed by atoms with E-state index in [1.165, 1.54) is 40.3 Å². The number of fused-ring (bicyclic) bond motifs is 14. The quantitative estimate of drug-likeness (QED) is 0.161. The van der Waals surface area contributed by atoms with Crippen LogP contribution in [0, 0.1) is 0 Å². The largest absolute Gasteiger partial charge is 0.458 e. The van der Waals surface area contributed by atoms with Gasteiger partial charge in [-0.15, -0.1) is 10.0 Å². The van der Waals surface area contributed by atoms with Gasteiger partial charge in [0.25, 0.3) is 0 Å². The molecule has 66 heavy (non-hydrogen) atoms. The summed E-state index contributed by atoms with van der Waals surface area (Å²) in [6.45, 7) is 0. The van der Waals surface area contributed by atoms with E-state index in [2.05, 4.69) is 217 Å². The third kappa shape index (κ3) is 5.11. The first kappa shape index (κ1) is 37.4. The zero-order chi connectivity index (χ0) is 43.4. The Balaban J connectivity index is 1.12. The van der Waals surface area contributed by atoms with Crippen molar-refractivity contribution in [3.05, 3.63) is 237 Å². The molecule has 0 amide bonds. The third-order valence-corrected chi connectivity index (χ3v) is 23.1. The minimum absolute atomic E-state index is 0.839. The molecule has 0 radical (unpaired) electrons. The van der Waals surface area contributed by atoms with Crippen molar-refractivity contribution in [2.75, 3.05) is 4.90 Å². The standard InChI is InChI=1S/C60H39NO3SSi/c1-3-17-43(18-4-1)65(44-19-5-2-6-20-44)55-27-13-16-30-59(55)66(57-28-14-11-25-51(57)64-52-26-12-15-29-58(52)66)60-36-33-42(39-56(60)65)61(40-31-34-47-45-21-7-9-23-49(45)62-53(47)37-40)41-32-35-48-46-22-8-10-24-50(46)63-54(48)38-41/h1-39H. The zero-order valence-electron chi connectivity index (χ0n) is 35.6. The fourth-order valence-electron chi connectivity index (χ4n) is 11.1. The van der Waals surface area contributed by atoms with Crippen LogP contribution in [0.1, 0.15) is 0 Å². The average molecular weight is 882 g/mol. The second-order valence-electron chi connectivity index (χ2n) is 17.2. The van der Waals surface area contributed by atoms with Crippen LogP contribution in [0.5, 0.6) is 11.5 Å². The molecular formula is C60H39NO3SSi. The molecule has 2 aliphatic rings. The van der Waals surface area contributed by atoms with E-state index in [0.29, 0.717) is 0 Å². The van der Waals surface area contributed by atoms with Crippen molar-refractivity contribution in [1.29, 1.82) is 0 Å². The summed E-state index contributed by atoms with van der Waals surface area (Å²) in [5, 5.41) is 9.69. The van der Waals surface area contributed by atoms with Crippen LogP contribution < -0.4 is 30.4 Å². The van der Waals surface area contributed by atoms with Crippen molar-refractivity contribution in [3.63, 3.8) is 0 Å². The maximum absolute atomic E-state index is 6.86. The van der Waals surface area contributed by atoms with Crippen molar-refractivity contribution in [2.45, 2.75) is 19.6 Å². The number of benzene rings is 10. The number of hydrogen-bond acceptors (Lipinski definition) is 4. The van der Waals surface area contributed by atoms with E-state index in [1.54, 1.807) is 0 Å². The molecule has 312 valence electrons. The minimum atomic E-state index is -3.09. The van der Waals surface area contributed by atoms with Gasteiger partial charge in [-0.3, -0.25) is 0 Å². The maximum Gasteiger partial charge on any atom is 0.190 e. The summed E-state index contributed by atoms with van der Waals surface area (Å²) in [6.07, 6.45) is 0. The minimum Gasteiger partial charge on any atom is -0.458 e. The molecular weight excluding hydrogens is 843 g/mol. The van der Waals surface area contributed by atoms with Crippen LogP contribution >= 0.6 is 10.0 Å². The monoisotopic (exact) mass is 881 g/mol. The zero-order valence-corrected chi connectivity index (χ0v) is 37.4. The summed E-state index contributed by atoms with van der Waals surface area (Å²) >= 11 is 0. The second-order valence-corrected chi connectivity index (χ2v) is 23.9. The van der Waals surface area contributed by atoms with Crippen molar-refractivity contribution >= 4 is 99.8 Å². The van der Waals surface area contributed by atoms with Gasteiger partial charge in [-0.1, -0.05) is 133 Å². The Morgan fingerprint density at radius 1 is 0.318 bits per heavy atom. The molecule has 14 rings (SSSR count). The number of furan rings is 2. The Hall–Kier alpha value is -8.03. The van der Waals surface area contributed by atoms with Crippen LogP contribution in [0.15, 0.2) is 265 Å². The third-order valence-electron chi connectivity index (χ3n) is 13.8.